The second-order valence-electron chi connectivity index (χ2n) is 5.91. The van der Waals surface area contributed by atoms with Gasteiger partial charge >= 0.3 is 0 Å². The molecule has 1 heteroatoms. The van der Waals surface area contributed by atoms with Gasteiger partial charge in [0.05, 0.1) is 12.2 Å². The number of rotatable bonds is 4. The van der Waals surface area contributed by atoms with Crippen LogP contribution in [0.25, 0.3) is 0 Å². The summed E-state index contributed by atoms with van der Waals surface area (Å²) in [4.78, 5) is 0. The molecule has 0 aromatic heterocycles. The number of hydrogen-bond donors (Lipinski definition) is 0. The van der Waals surface area contributed by atoms with E-state index in [9.17, 15) is 0 Å². The van der Waals surface area contributed by atoms with Crippen molar-refractivity contribution in [3.8, 4) is 0 Å². The predicted molar refractivity (Wildman–Crippen MR) is 76.9 cm³/mol. The first kappa shape index (κ1) is 13.6. The van der Waals surface area contributed by atoms with Crippen molar-refractivity contribution >= 4 is 0 Å². The summed E-state index contributed by atoms with van der Waals surface area (Å²) in [6.07, 6.45) is 7.20. The lowest BCUT2D eigenvalue weighted by atomic mass is 9.66. The Morgan fingerprint density at radius 1 is 0.944 bits per heavy atom. The zero-order chi connectivity index (χ0) is 13.0. The first-order chi connectivity index (χ1) is 8.65. The van der Waals surface area contributed by atoms with Crippen molar-refractivity contribution < 1.29 is 4.74 Å². The summed E-state index contributed by atoms with van der Waals surface area (Å²) in [6.45, 7) is 6.54. The fraction of sp³-hybridized carbons (Fsp3) is 0.647. The minimum absolute atomic E-state index is 0.240. The molecule has 1 nitrogen and oxygen atoms in total. The third kappa shape index (κ3) is 2.77. The second-order valence-corrected chi connectivity index (χ2v) is 5.91. The molecule has 0 heterocycles. The smallest absolute Gasteiger partial charge is 0.0647 e. The molecular formula is C17H26O. The highest BCUT2D eigenvalue weighted by molar-refractivity contribution is 5.27. The van der Waals surface area contributed by atoms with Gasteiger partial charge in [0.15, 0.2) is 0 Å². The third-order valence-corrected chi connectivity index (χ3v) is 4.35. The molecule has 2 rings (SSSR count). The van der Waals surface area contributed by atoms with Gasteiger partial charge in [0.1, 0.15) is 0 Å². The topological polar surface area (TPSA) is 9.23 Å². The SMILES string of the molecule is CC(C)OC(C)C1(c2ccccc2)CCCCC1. The van der Waals surface area contributed by atoms with Crippen LogP contribution >= 0.6 is 0 Å². The van der Waals surface area contributed by atoms with E-state index in [1.807, 2.05) is 0 Å². The van der Waals surface area contributed by atoms with Crippen molar-refractivity contribution in [1.82, 2.24) is 0 Å². The average Bonchev–Trinajstić information content (AvgIpc) is 2.40. The number of benzene rings is 1. The van der Waals surface area contributed by atoms with Crippen LogP contribution in [-0.4, -0.2) is 12.2 Å². The molecular weight excluding hydrogens is 220 g/mol. The minimum atomic E-state index is 0.240. The molecule has 0 N–H and O–H groups in total. The van der Waals surface area contributed by atoms with Crippen LogP contribution in [0.4, 0.5) is 0 Å². The molecule has 1 aromatic rings. The molecule has 0 bridgehead atoms. The zero-order valence-corrected chi connectivity index (χ0v) is 12.0. The van der Waals surface area contributed by atoms with Gasteiger partial charge in [-0.25, -0.2) is 0 Å². The molecule has 0 aliphatic heterocycles. The van der Waals surface area contributed by atoms with E-state index in [-0.39, 0.29) is 5.41 Å². The molecule has 1 unspecified atom stereocenters. The Morgan fingerprint density at radius 2 is 1.56 bits per heavy atom. The molecule has 1 saturated carbocycles. The molecule has 0 saturated heterocycles. The highest BCUT2D eigenvalue weighted by atomic mass is 16.5. The maximum Gasteiger partial charge on any atom is 0.0647 e. The van der Waals surface area contributed by atoms with Crippen molar-refractivity contribution in [3.63, 3.8) is 0 Å². The van der Waals surface area contributed by atoms with E-state index in [0.717, 1.165) is 0 Å². The monoisotopic (exact) mass is 246 g/mol. The summed E-state index contributed by atoms with van der Waals surface area (Å²) < 4.78 is 6.15. The summed E-state index contributed by atoms with van der Waals surface area (Å²) in [5.41, 5.74) is 1.71. The van der Waals surface area contributed by atoms with E-state index in [4.69, 9.17) is 4.74 Å². The first-order valence-electron chi connectivity index (χ1n) is 7.36. The van der Waals surface area contributed by atoms with E-state index in [0.29, 0.717) is 12.2 Å². The van der Waals surface area contributed by atoms with Crippen molar-refractivity contribution in [2.45, 2.75) is 70.5 Å². The standard InChI is InChI=1S/C17H26O/c1-14(2)18-15(3)17(12-8-5-9-13-17)16-10-6-4-7-11-16/h4,6-7,10-11,14-15H,5,8-9,12-13H2,1-3H3. The molecule has 0 spiro atoms. The van der Waals surface area contributed by atoms with Crippen LogP contribution in [0.5, 0.6) is 0 Å². The second kappa shape index (κ2) is 5.88. The highest BCUT2D eigenvalue weighted by Gasteiger charge is 2.39. The lowest BCUT2D eigenvalue weighted by Gasteiger charge is -2.43. The Balaban J connectivity index is 2.28. The van der Waals surface area contributed by atoms with E-state index < -0.39 is 0 Å². The van der Waals surface area contributed by atoms with Gasteiger partial charge in [0.2, 0.25) is 0 Å². The number of hydrogen-bond acceptors (Lipinski definition) is 1. The van der Waals surface area contributed by atoms with Crippen molar-refractivity contribution in [2.75, 3.05) is 0 Å². The Bertz CT molecular complexity index is 349. The zero-order valence-electron chi connectivity index (χ0n) is 12.0. The minimum Gasteiger partial charge on any atom is -0.375 e. The van der Waals surface area contributed by atoms with Crippen LogP contribution in [0.3, 0.4) is 0 Å². The van der Waals surface area contributed by atoms with E-state index in [2.05, 4.69) is 51.1 Å². The average molecular weight is 246 g/mol. The lowest BCUT2D eigenvalue weighted by molar-refractivity contribution is -0.0409. The Morgan fingerprint density at radius 3 is 2.11 bits per heavy atom. The van der Waals surface area contributed by atoms with E-state index in [1.165, 1.54) is 37.7 Å². The maximum atomic E-state index is 6.15. The largest absolute Gasteiger partial charge is 0.375 e. The van der Waals surface area contributed by atoms with Crippen molar-refractivity contribution in [3.05, 3.63) is 35.9 Å². The summed E-state index contributed by atoms with van der Waals surface area (Å²) in [5.74, 6) is 0. The molecule has 1 aromatic carbocycles. The van der Waals surface area contributed by atoms with Crippen LogP contribution in [0.15, 0.2) is 30.3 Å². The van der Waals surface area contributed by atoms with E-state index in [1.54, 1.807) is 0 Å². The summed E-state index contributed by atoms with van der Waals surface area (Å²) in [6, 6.07) is 11.0. The molecule has 100 valence electrons. The summed E-state index contributed by atoms with van der Waals surface area (Å²) in [7, 11) is 0. The molecule has 1 aliphatic carbocycles. The van der Waals surface area contributed by atoms with Crippen LogP contribution in [0, 0.1) is 0 Å². The van der Waals surface area contributed by atoms with Gasteiger partial charge in [-0.05, 0) is 39.2 Å². The predicted octanol–water partition coefficient (Wildman–Crippen LogP) is 4.70. The van der Waals surface area contributed by atoms with Crippen molar-refractivity contribution in [1.29, 1.82) is 0 Å². The molecule has 18 heavy (non-hydrogen) atoms. The molecule has 0 radical (unpaired) electrons. The fourth-order valence-electron chi connectivity index (χ4n) is 3.42. The normalized spacial score (nSPS) is 20.9. The number of ether oxygens (including phenoxy) is 1. The first-order valence-corrected chi connectivity index (χ1v) is 7.36. The Labute approximate surface area is 112 Å². The van der Waals surface area contributed by atoms with Crippen molar-refractivity contribution in [2.24, 2.45) is 0 Å². The Hall–Kier alpha value is -0.820. The third-order valence-electron chi connectivity index (χ3n) is 4.35. The van der Waals surface area contributed by atoms with E-state index >= 15 is 0 Å². The van der Waals surface area contributed by atoms with Gasteiger partial charge in [0.25, 0.3) is 0 Å². The summed E-state index contributed by atoms with van der Waals surface area (Å²) in [5, 5.41) is 0. The van der Waals surface area contributed by atoms with Crippen LogP contribution in [0.2, 0.25) is 0 Å². The van der Waals surface area contributed by atoms with Gasteiger partial charge < -0.3 is 4.74 Å². The highest BCUT2D eigenvalue weighted by Crippen LogP contribution is 2.43. The molecule has 1 fully saturated rings. The fourth-order valence-corrected chi connectivity index (χ4v) is 3.42. The van der Waals surface area contributed by atoms with Crippen LogP contribution < -0.4 is 0 Å². The molecule has 1 atom stereocenters. The molecule has 1 aliphatic rings. The van der Waals surface area contributed by atoms with Gasteiger partial charge in [-0.15, -0.1) is 0 Å². The van der Waals surface area contributed by atoms with Gasteiger partial charge in [-0.2, -0.15) is 0 Å². The van der Waals surface area contributed by atoms with Crippen LogP contribution in [0.1, 0.15) is 58.4 Å². The van der Waals surface area contributed by atoms with Gasteiger partial charge in [0, 0.05) is 5.41 Å². The summed E-state index contributed by atoms with van der Waals surface area (Å²) >= 11 is 0. The van der Waals surface area contributed by atoms with Gasteiger partial charge in [-0.3, -0.25) is 0 Å². The quantitative estimate of drug-likeness (QED) is 0.748. The lowest BCUT2D eigenvalue weighted by Crippen LogP contribution is -2.42. The Kier molecular flexibility index (Phi) is 4.45. The molecule has 0 amide bonds. The van der Waals surface area contributed by atoms with Gasteiger partial charge in [-0.1, -0.05) is 49.6 Å². The van der Waals surface area contributed by atoms with Crippen LogP contribution in [-0.2, 0) is 10.2 Å². The maximum absolute atomic E-state index is 6.15.